The minimum atomic E-state index is -0.788. The Morgan fingerprint density at radius 2 is 1.58 bits per heavy atom. The van der Waals surface area contributed by atoms with Crippen molar-refractivity contribution in [2.24, 2.45) is 16.6 Å². The molecular weight excluding hydrogens is 244 g/mol. The van der Waals surface area contributed by atoms with Gasteiger partial charge in [-0.3, -0.25) is 9.59 Å². The molecule has 0 heterocycles. The van der Waals surface area contributed by atoms with Gasteiger partial charge in [0, 0.05) is 13.1 Å². The summed E-state index contributed by atoms with van der Waals surface area (Å²) in [6, 6.07) is 0. The molecule has 2 rings (SSSR count). The molecule has 0 aromatic carbocycles. The minimum Gasteiger partial charge on any atom is -0.481 e. The number of nitrogens with two attached hydrogens (primary N) is 1. The van der Waals surface area contributed by atoms with Crippen LogP contribution in [0.15, 0.2) is 0 Å². The Balaban J connectivity index is 1.94. The standard InChI is InChI=1S/C14H24N2O3/c15-9-13(5-2-1-3-6-13)11(17)16-10-14(12(18)19)7-4-8-14/h1-10,15H2,(H,16,17)(H,18,19). The van der Waals surface area contributed by atoms with E-state index in [9.17, 15) is 14.7 Å². The number of carbonyl (C=O) groups excluding carboxylic acids is 1. The molecule has 0 unspecified atom stereocenters. The molecule has 4 N–H and O–H groups in total. The van der Waals surface area contributed by atoms with Gasteiger partial charge < -0.3 is 16.2 Å². The maximum Gasteiger partial charge on any atom is 0.311 e. The molecule has 0 atom stereocenters. The van der Waals surface area contributed by atoms with Gasteiger partial charge in [0.25, 0.3) is 0 Å². The van der Waals surface area contributed by atoms with Gasteiger partial charge in [-0.25, -0.2) is 0 Å². The fraction of sp³-hybridized carbons (Fsp3) is 0.857. The number of carboxylic acids is 1. The highest BCUT2D eigenvalue weighted by Gasteiger charge is 2.46. The topological polar surface area (TPSA) is 92.4 Å². The molecule has 0 radical (unpaired) electrons. The van der Waals surface area contributed by atoms with Crippen molar-refractivity contribution in [2.75, 3.05) is 13.1 Å². The van der Waals surface area contributed by atoms with E-state index in [2.05, 4.69) is 5.32 Å². The highest BCUT2D eigenvalue weighted by atomic mass is 16.4. The van der Waals surface area contributed by atoms with Crippen LogP contribution in [0.1, 0.15) is 51.4 Å². The highest BCUT2D eigenvalue weighted by Crippen LogP contribution is 2.41. The summed E-state index contributed by atoms with van der Waals surface area (Å²) in [5.41, 5.74) is 4.63. The molecule has 0 aromatic rings. The molecule has 0 saturated heterocycles. The zero-order valence-corrected chi connectivity index (χ0v) is 11.4. The predicted octanol–water partition coefficient (Wildman–Crippen LogP) is 1.27. The third-order valence-electron chi connectivity index (χ3n) is 5.03. The van der Waals surface area contributed by atoms with E-state index in [0.29, 0.717) is 19.4 Å². The number of nitrogens with one attached hydrogen (secondary N) is 1. The maximum atomic E-state index is 12.4. The van der Waals surface area contributed by atoms with Gasteiger partial charge in [0.15, 0.2) is 0 Å². The molecule has 2 aliphatic carbocycles. The van der Waals surface area contributed by atoms with Crippen LogP contribution in [-0.2, 0) is 9.59 Å². The van der Waals surface area contributed by atoms with Crippen molar-refractivity contribution >= 4 is 11.9 Å². The van der Waals surface area contributed by atoms with Crippen molar-refractivity contribution < 1.29 is 14.7 Å². The van der Waals surface area contributed by atoms with Crippen LogP contribution in [0.3, 0.4) is 0 Å². The Bertz CT molecular complexity index is 358. The summed E-state index contributed by atoms with van der Waals surface area (Å²) < 4.78 is 0. The third kappa shape index (κ3) is 2.61. The number of carboxylic acid groups (broad SMARTS) is 1. The Morgan fingerprint density at radius 1 is 1.00 bits per heavy atom. The smallest absolute Gasteiger partial charge is 0.311 e. The lowest BCUT2D eigenvalue weighted by molar-refractivity contribution is -0.154. The van der Waals surface area contributed by atoms with E-state index in [1.165, 1.54) is 0 Å². The van der Waals surface area contributed by atoms with E-state index in [-0.39, 0.29) is 12.5 Å². The fourth-order valence-electron chi connectivity index (χ4n) is 3.26. The first kappa shape index (κ1) is 14.3. The first-order valence-corrected chi connectivity index (χ1v) is 7.26. The molecule has 0 bridgehead atoms. The van der Waals surface area contributed by atoms with Gasteiger partial charge in [0.1, 0.15) is 0 Å². The normalized spacial score (nSPS) is 24.3. The monoisotopic (exact) mass is 268 g/mol. The summed E-state index contributed by atoms with van der Waals surface area (Å²) >= 11 is 0. The van der Waals surface area contributed by atoms with Crippen molar-refractivity contribution in [2.45, 2.75) is 51.4 Å². The lowest BCUT2D eigenvalue weighted by atomic mass is 9.68. The highest BCUT2D eigenvalue weighted by molar-refractivity contribution is 5.84. The summed E-state index contributed by atoms with van der Waals surface area (Å²) in [7, 11) is 0. The number of aliphatic carboxylic acids is 1. The van der Waals surface area contributed by atoms with Crippen molar-refractivity contribution in [3.05, 3.63) is 0 Å². The van der Waals surface area contributed by atoms with Gasteiger partial charge in [-0.15, -0.1) is 0 Å². The van der Waals surface area contributed by atoms with Gasteiger partial charge in [0.2, 0.25) is 5.91 Å². The lowest BCUT2D eigenvalue weighted by Crippen LogP contribution is -2.53. The second-order valence-electron chi connectivity index (χ2n) is 6.17. The number of carbonyl (C=O) groups is 2. The first-order valence-electron chi connectivity index (χ1n) is 7.26. The van der Waals surface area contributed by atoms with Crippen LogP contribution < -0.4 is 11.1 Å². The average molecular weight is 268 g/mol. The molecule has 1 amide bonds. The SMILES string of the molecule is NCC1(C(=O)NCC2(C(=O)O)CCC2)CCCCC1. The summed E-state index contributed by atoms with van der Waals surface area (Å²) in [6.45, 7) is 0.613. The Kier molecular flexibility index (Phi) is 4.13. The summed E-state index contributed by atoms with van der Waals surface area (Å²) in [6.07, 6.45) is 7.16. The Morgan fingerprint density at radius 3 is 2.00 bits per heavy atom. The van der Waals surface area contributed by atoms with Crippen LogP contribution in [-0.4, -0.2) is 30.1 Å². The number of rotatable bonds is 5. The van der Waals surface area contributed by atoms with E-state index in [0.717, 1.165) is 38.5 Å². The molecule has 0 spiro atoms. The Hall–Kier alpha value is -1.10. The van der Waals surface area contributed by atoms with Crippen molar-refractivity contribution in [3.8, 4) is 0 Å². The van der Waals surface area contributed by atoms with Crippen molar-refractivity contribution in [3.63, 3.8) is 0 Å². The molecule has 0 aromatic heterocycles. The number of hydrogen-bond donors (Lipinski definition) is 3. The molecule has 19 heavy (non-hydrogen) atoms. The van der Waals surface area contributed by atoms with Gasteiger partial charge in [-0.1, -0.05) is 25.7 Å². The summed E-state index contributed by atoms with van der Waals surface area (Å²) in [5.74, 6) is -0.827. The first-order chi connectivity index (χ1) is 9.05. The molecule has 2 aliphatic rings. The van der Waals surface area contributed by atoms with E-state index in [4.69, 9.17) is 5.73 Å². The average Bonchev–Trinajstić information content (AvgIpc) is 2.37. The second-order valence-corrected chi connectivity index (χ2v) is 6.17. The summed E-state index contributed by atoms with van der Waals surface area (Å²) in [4.78, 5) is 23.6. The van der Waals surface area contributed by atoms with E-state index in [1.54, 1.807) is 0 Å². The van der Waals surface area contributed by atoms with Crippen LogP contribution in [0, 0.1) is 10.8 Å². The largest absolute Gasteiger partial charge is 0.481 e. The second kappa shape index (κ2) is 5.49. The van der Waals surface area contributed by atoms with E-state index >= 15 is 0 Å². The lowest BCUT2D eigenvalue weighted by Gasteiger charge is -2.40. The molecule has 5 nitrogen and oxygen atoms in total. The minimum absolute atomic E-state index is 0.0396. The maximum absolute atomic E-state index is 12.4. The molecule has 0 aliphatic heterocycles. The molecule has 108 valence electrons. The fourth-order valence-corrected chi connectivity index (χ4v) is 3.26. The van der Waals surface area contributed by atoms with Crippen LogP contribution in [0.25, 0.3) is 0 Å². The van der Waals surface area contributed by atoms with Gasteiger partial charge in [-0.2, -0.15) is 0 Å². The van der Waals surface area contributed by atoms with Crippen LogP contribution in [0.2, 0.25) is 0 Å². The Labute approximate surface area is 113 Å². The van der Waals surface area contributed by atoms with Crippen LogP contribution >= 0.6 is 0 Å². The van der Waals surface area contributed by atoms with Crippen molar-refractivity contribution in [1.82, 2.24) is 5.32 Å². The molecule has 2 fully saturated rings. The van der Waals surface area contributed by atoms with Gasteiger partial charge in [-0.05, 0) is 25.7 Å². The van der Waals surface area contributed by atoms with Crippen LogP contribution in [0.4, 0.5) is 0 Å². The number of amides is 1. The molecule has 2 saturated carbocycles. The quantitative estimate of drug-likeness (QED) is 0.700. The van der Waals surface area contributed by atoms with Gasteiger partial charge >= 0.3 is 5.97 Å². The van der Waals surface area contributed by atoms with E-state index in [1.807, 2.05) is 0 Å². The van der Waals surface area contributed by atoms with Crippen molar-refractivity contribution in [1.29, 1.82) is 0 Å². The van der Waals surface area contributed by atoms with Crippen LogP contribution in [0.5, 0.6) is 0 Å². The zero-order valence-electron chi connectivity index (χ0n) is 11.4. The third-order valence-corrected chi connectivity index (χ3v) is 5.03. The molecular formula is C14H24N2O3. The number of hydrogen-bond acceptors (Lipinski definition) is 3. The predicted molar refractivity (Wildman–Crippen MR) is 71.5 cm³/mol. The summed E-state index contributed by atoms with van der Waals surface area (Å²) in [5, 5.41) is 12.1. The zero-order chi connectivity index (χ0) is 13.9. The molecule has 5 heteroatoms. The van der Waals surface area contributed by atoms with Gasteiger partial charge in [0.05, 0.1) is 10.8 Å². The van der Waals surface area contributed by atoms with E-state index < -0.39 is 16.8 Å².